The lowest BCUT2D eigenvalue weighted by molar-refractivity contribution is 0.0526. The van der Waals surface area contributed by atoms with E-state index in [1.54, 1.807) is 13.0 Å². The van der Waals surface area contributed by atoms with Gasteiger partial charge in [0.15, 0.2) is 5.82 Å². The smallest absolute Gasteiger partial charge is 0.343 e. The van der Waals surface area contributed by atoms with Crippen LogP contribution in [0.3, 0.4) is 0 Å². The van der Waals surface area contributed by atoms with Crippen LogP contribution < -0.4 is 11.1 Å². The third kappa shape index (κ3) is 3.74. The number of carbonyl (C=O) groups is 1. The van der Waals surface area contributed by atoms with Crippen LogP contribution in [-0.4, -0.2) is 22.5 Å². The van der Waals surface area contributed by atoms with Crippen LogP contribution in [0.2, 0.25) is 0 Å². The molecule has 0 aliphatic carbocycles. The van der Waals surface area contributed by atoms with Crippen LogP contribution in [0, 0.1) is 0 Å². The first-order chi connectivity index (χ1) is 12.2. The number of benzene rings is 2. The van der Waals surface area contributed by atoms with Crippen LogP contribution in [-0.2, 0) is 4.74 Å². The zero-order valence-electron chi connectivity index (χ0n) is 13.8. The molecule has 0 aliphatic heterocycles. The molecule has 3 aromatic rings. The molecule has 0 saturated carbocycles. The molecule has 0 radical (unpaired) electrons. The highest BCUT2D eigenvalue weighted by Gasteiger charge is 2.17. The maximum absolute atomic E-state index is 12.2. The molecule has 0 spiro atoms. The summed E-state index contributed by atoms with van der Waals surface area (Å²) in [6.45, 7) is 2.02. The Morgan fingerprint density at radius 3 is 2.56 bits per heavy atom. The van der Waals surface area contributed by atoms with Crippen molar-refractivity contribution < 1.29 is 9.53 Å². The van der Waals surface area contributed by atoms with Gasteiger partial charge in [0.2, 0.25) is 0 Å². The van der Waals surface area contributed by atoms with Crippen molar-refractivity contribution in [2.45, 2.75) is 6.92 Å². The van der Waals surface area contributed by atoms with Crippen molar-refractivity contribution in [1.29, 1.82) is 0 Å². The molecule has 0 atom stereocenters. The quantitative estimate of drug-likeness (QED) is 0.547. The van der Waals surface area contributed by atoms with Gasteiger partial charge in [-0.2, -0.15) is 0 Å². The van der Waals surface area contributed by atoms with E-state index >= 15 is 0 Å². The second-order valence-corrected chi connectivity index (χ2v) is 5.25. The molecule has 0 saturated heterocycles. The second-order valence-electron chi connectivity index (χ2n) is 5.25. The zero-order valence-corrected chi connectivity index (χ0v) is 13.8. The number of esters is 1. The van der Waals surface area contributed by atoms with Crippen molar-refractivity contribution in [1.82, 2.24) is 9.97 Å². The molecule has 6 heteroatoms. The summed E-state index contributed by atoms with van der Waals surface area (Å²) in [6, 6.07) is 16.8. The summed E-state index contributed by atoms with van der Waals surface area (Å²) in [5.41, 5.74) is 8.29. The number of carbonyl (C=O) groups excluding carboxylic acids is 1. The fraction of sp³-hybridized carbons (Fsp3) is 0.105. The number of rotatable bonds is 5. The number of para-hydroxylation sites is 2. The van der Waals surface area contributed by atoms with Gasteiger partial charge in [0, 0.05) is 11.8 Å². The number of hydrogen-bond donors (Lipinski definition) is 2. The lowest BCUT2D eigenvalue weighted by Crippen LogP contribution is -2.11. The van der Waals surface area contributed by atoms with Gasteiger partial charge in [-0.05, 0) is 19.1 Å². The molecular formula is C19H18N4O2. The molecule has 126 valence electrons. The Morgan fingerprint density at radius 1 is 1.12 bits per heavy atom. The highest BCUT2D eigenvalue weighted by atomic mass is 16.5. The minimum absolute atomic E-state index is 0.254. The number of nitrogens with two attached hydrogens (primary N) is 1. The normalized spacial score (nSPS) is 10.3. The molecule has 1 aromatic heterocycles. The summed E-state index contributed by atoms with van der Waals surface area (Å²) in [5, 5.41) is 3.11. The van der Waals surface area contributed by atoms with Crippen molar-refractivity contribution in [3.63, 3.8) is 0 Å². The minimum atomic E-state index is -0.487. The first-order valence-electron chi connectivity index (χ1n) is 7.90. The lowest BCUT2D eigenvalue weighted by Gasteiger charge is -2.13. The lowest BCUT2D eigenvalue weighted by atomic mass is 10.2. The summed E-state index contributed by atoms with van der Waals surface area (Å²) in [6.07, 6.45) is 1.47. The largest absolute Gasteiger partial charge is 0.462 e. The van der Waals surface area contributed by atoms with E-state index in [0.29, 0.717) is 23.0 Å². The maximum atomic E-state index is 12.2. The van der Waals surface area contributed by atoms with Crippen molar-refractivity contribution in [2.75, 3.05) is 17.7 Å². The number of nitrogens with one attached hydrogen (secondary N) is 1. The Balaban J connectivity index is 2.04. The van der Waals surface area contributed by atoms with Crippen LogP contribution in [0.4, 0.5) is 17.2 Å². The predicted octanol–water partition coefficient (Wildman–Crippen LogP) is 3.65. The highest BCUT2D eigenvalue weighted by Crippen LogP contribution is 2.26. The summed E-state index contributed by atoms with van der Waals surface area (Å²) in [4.78, 5) is 21.0. The minimum Gasteiger partial charge on any atom is -0.462 e. The molecule has 3 rings (SSSR count). The van der Waals surface area contributed by atoms with E-state index in [2.05, 4.69) is 15.3 Å². The Bertz CT molecular complexity index is 882. The Morgan fingerprint density at radius 2 is 1.84 bits per heavy atom. The van der Waals surface area contributed by atoms with Crippen LogP contribution in [0.5, 0.6) is 0 Å². The number of aromatic nitrogens is 2. The Labute approximate surface area is 145 Å². The molecule has 0 amide bonds. The molecule has 0 fully saturated rings. The van der Waals surface area contributed by atoms with E-state index < -0.39 is 5.97 Å². The molecule has 0 unspecified atom stereocenters. The third-order valence-electron chi connectivity index (χ3n) is 3.53. The van der Waals surface area contributed by atoms with Gasteiger partial charge in [0.1, 0.15) is 11.4 Å². The van der Waals surface area contributed by atoms with Crippen LogP contribution in [0.15, 0.2) is 60.8 Å². The van der Waals surface area contributed by atoms with Gasteiger partial charge in [0.25, 0.3) is 0 Å². The van der Waals surface area contributed by atoms with Gasteiger partial charge in [0.05, 0.1) is 18.0 Å². The summed E-state index contributed by atoms with van der Waals surface area (Å²) >= 11 is 0. The number of ether oxygens (including phenoxy) is 1. The predicted molar refractivity (Wildman–Crippen MR) is 97.6 cm³/mol. The van der Waals surface area contributed by atoms with Crippen molar-refractivity contribution in [3.8, 4) is 11.4 Å². The molecule has 0 bridgehead atoms. The maximum Gasteiger partial charge on any atom is 0.343 e. The molecule has 25 heavy (non-hydrogen) atoms. The van der Waals surface area contributed by atoms with Gasteiger partial charge in [-0.1, -0.05) is 42.5 Å². The fourth-order valence-corrected chi connectivity index (χ4v) is 2.30. The van der Waals surface area contributed by atoms with E-state index in [9.17, 15) is 4.79 Å². The average molecular weight is 334 g/mol. The van der Waals surface area contributed by atoms with Crippen molar-refractivity contribution >= 4 is 23.2 Å². The summed E-state index contributed by atoms with van der Waals surface area (Å²) in [5.74, 6) is 0.370. The van der Waals surface area contributed by atoms with Crippen LogP contribution in [0.1, 0.15) is 17.3 Å². The molecule has 0 aliphatic rings. The summed E-state index contributed by atoms with van der Waals surface area (Å²) < 4.78 is 5.09. The molecule has 3 N–H and O–H groups in total. The topological polar surface area (TPSA) is 90.1 Å². The molecule has 2 aromatic carbocycles. The SMILES string of the molecule is CCOC(=O)c1cnc(-c2ccccc2)nc1Nc1ccccc1N. The van der Waals surface area contributed by atoms with E-state index in [4.69, 9.17) is 10.5 Å². The number of hydrogen-bond acceptors (Lipinski definition) is 6. The zero-order chi connectivity index (χ0) is 17.6. The number of nitrogen functional groups attached to an aromatic ring is 1. The monoisotopic (exact) mass is 334 g/mol. The van der Waals surface area contributed by atoms with Gasteiger partial charge < -0.3 is 15.8 Å². The average Bonchev–Trinajstić information content (AvgIpc) is 2.64. The van der Waals surface area contributed by atoms with Crippen LogP contribution in [0.25, 0.3) is 11.4 Å². The van der Waals surface area contributed by atoms with Crippen LogP contribution >= 0.6 is 0 Å². The first-order valence-corrected chi connectivity index (χ1v) is 7.90. The van der Waals surface area contributed by atoms with Gasteiger partial charge in [-0.15, -0.1) is 0 Å². The van der Waals surface area contributed by atoms with E-state index in [0.717, 1.165) is 5.56 Å². The van der Waals surface area contributed by atoms with Crippen molar-refractivity contribution in [2.24, 2.45) is 0 Å². The molecule has 1 heterocycles. The van der Waals surface area contributed by atoms with E-state index in [1.807, 2.05) is 48.5 Å². The summed E-state index contributed by atoms with van der Waals surface area (Å²) in [7, 11) is 0. The first kappa shape index (κ1) is 16.4. The van der Waals surface area contributed by atoms with E-state index in [-0.39, 0.29) is 12.2 Å². The van der Waals surface area contributed by atoms with Crippen molar-refractivity contribution in [3.05, 3.63) is 66.4 Å². The second kappa shape index (κ2) is 7.44. The standard InChI is InChI=1S/C19H18N4O2/c1-2-25-19(24)14-12-21-17(13-8-4-3-5-9-13)23-18(14)22-16-11-7-6-10-15(16)20/h3-12H,2,20H2,1H3,(H,21,22,23). The molecular weight excluding hydrogens is 316 g/mol. The van der Waals surface area contributed by atoms with Gasteiger partial charge in [-0.3, -0.25) is 0 Å². The highest BCUT2D eigenvalue weighted by molar-refractivity contribution is 5.96. The Kier molecular flexibility index (Phi) is 4.89. The van der Waals surface area contributed by atoms with E-state index in [1.165, 1.54) is 6.20 Å². The Hall–Kier alpha value is -3.41. The fourth-order valence-electron chi connectivity index (χ4n) is 2.30. The molecule has 6 nitrogen and oxygen atoms in total. The van der Waals surface area contributed by atoms with Gasteiger partial charge >= 0.3 is 5.97 Å². The number of nitrogens with zero attached hydrogens (tertiary/aromatic N) is 2. The number of anilines is 3. The van der Waals surface area contributed by atoms with Gasteiger partial charge in [-0.25, -0.2) is 14.8 Å². The third-order valence-corrected chi connectivity index (χ3v) is 3.53.